The Bertz CT molecular complexity index is 5300. The number of rotatable bonds is 9. The fraction of sp³-hybridized carbons (Fsp3) is 0.178. The van der Waals surface area contributed by atoms with E-state index in [1.54, 1.807) is 0 Å². The summed E-state index contributed by atoms with van der Waals surface area (Å²) in [5, 5.41) is 2.60. The highest BCUT2D eigenvalue weighted by Gasteiger charge is 2.39. The standard InChI is InChI=1S/C36H33N.C34H31N3.C31H27N/c1-35(2,3)28-17-19-30-29-18-16-26(20-31(29)36(4,5)32(30)23-28)34-22-27(24-12-8-6-9-13-24)21-33(37-34)25-14-10-7-11-15-25;1-33(2,3)25-17-19-27-26-18-16-24(20-28(26)34(4,5)29(27)21-25)32-36-30(22-12-8-6-9-13-22)35-31(37-32)23-14-10-7-11-15-23;1-31(2,3)28-19-18-25(26-16-10-11-17-27(26)28)24-20-29(22-12-6-4-7-13-22)32-30(21-24)23-14-8-5-9-15-23/h6-23H,1-5H3;6-21H,1-5H3;4-21H,1-3H3. The molecule has 0 atom stereocenters. The second-order valence-electron chi connectivity index (χ2n) is 32.5. The highest BCUT2D eigenvalue weighted by atomic mass is 15.0. The average Bonchev–Trinajstić information content (AvgIpc) is 1.56. The molecule has 0 aliphatic heterocycles. The molecule has 0 spiro atoms. The van der Waals surface area contributed by atoms with Gasteiger partial charge in [-0.1, -0.05) is 369 Å². The monoisotopic (exact) mass is 1370 g/mol. The van der Waals surface area contributed by atoms with Gasteiger partial charge in [-0.05, 0) is 147 Å². The molecule has 5 nitrogen and oxygen atoms in total. The van der Waals surface area contributed by atoms with Crippen LogP contribution in [0.5, 0.6) is 0 Å². The van der Waals surface area contributed by atoms with Crippen LogP contribution in [0.1, 0.15) is 129 Å². The fourth-order valence-corrected chi connectivity index (χ4v) is 15.3. The molecule has 15 aromatic rings. The number of pyridine rings is 2. The number of hydrogen-bond donors (Lipinski definition) is 0. The van der Waals surface area contributed by atoms with Crippen LogP contribution in [0.2, 0.25) is 0 Å². The number of hydrogen-bond acceptors (Lipinski definition) is 5. The van der Waals surface area contributed by atoms with Crippen molar-refractivity contribution in [1.29, 1.82) is 0 Å². The summed E-state index contributed by atoms with van der Waals surface area (Å²) in [6.07, 6.45) is 0. The number of aromatic nitrogens is 5. The molecule has 0 saturated carbocycles. The Kier molecular flexibility index (Phi) is 18.5. The van der Waals surface area contributed by atoms with E-state index in [9.17, 15) is 0 Å². The van der Waals surface area contributed by atoms with Gasteiger partial charge in [0.25, 0.3) is 0 Å². The Balaban J connectivity index is 0.000000128. The SMILES string of the molecule is CC(C)(C)c1ccc(-c2cc(-c3ccccc3)nc(-c3ccccc3)c2)c2ccccc12.CC(C)(C)c1ccc2c(c1)C(C)(C)c1cc(-c3cc(-c4ccccc4)cc(-c4ccccc4)n3)ccc1-2.CC(C)(C)c1ccc2c(c1)C(C)(C)c1cc(-c3nc(-c4ccccc4)nc(-c4ccccc4)n3)ccc1-2. The Labute approximate surface area is 627 Å². The lowest BCUT2D eigenvalue weighted by Gasteiger charge is -2.25. The third kappa shape index (κ3) is 14.0. The van der Waals surface area contributed by atoms with Gasteiger partial charge in [0, 0.05) is 49.8 Å². The van der Waals surface area contributed by atoms with Gasteiger partial charge in [-0.15, -0.1) is 0 Å². The molecule has 0 bridgehead atoms. The molecule has 0 radical (unpaired) electrons. The lowest BCUT2D eigenvalue weighted by Crippen LogP contribution is -2.17. The van der Waals surface area contributed by atoms with Crippen molar-refractivity contribution in [2.45, 2.75) is 117 Å². The third-order valence-electron chi connectivity index (χ3n) is 21.3. The zero-order chi connectivity index (χ0) is 73.7. The highest BCUT2D eigenvalue weighted by molar-refractivity contribution is 6.00. The first-order valence-corrected chi connectivity index (χ1v) is 37.2. The summed E-state index contributed by atoms with van der Waals surface area (Å²) in [7, 11) is 0. The molecule has 0 saturated heterocycles. The van der Waals surface area contributed by atoms with Gasteiger partial charge in [0.15, 0.2) is 17.5 Å². The molecule has 12 aromatic carbocycles. The van der Waals surface area contributed by atoms with Crippen LogP contribution in [0, 0.1) is 0 Å². The molecule has 5 heteroatoms. The van der Waals surface area contributed by atoms with Gasteiger partial charge < -0.3 is 0 Å². The first kappa shape index (κ1) is 69.9. The molecule has 17 rings (SSSR count). The molecule has 520 valence electrons. The maximum atomic E-state index is 5.17. The van der Waals surface area contributed by atoms with Crippen LogP contribution in [0.15, 0.2) is 315 Å². The van der Waals surface area contributed by atoms with E-state index < -0.39 is 0 Å². The molecular weight excluding hydrogens is 1280 g/mol. The fourth-order valence-electron chi connectivity index (χ4n) is 15.3. The van der Waals surface area contributed by atoms with Crippen LogP contribution in [-0.4, -0.2) is 24.9 Å². The predicted octanol–water partition coefficient (Wildman–Crippen LogP) is 26.7. The summed E-state index contributed by atoms with van der Waals surface area (Å²) in [5.74, 6) is 2.06. The maximum absolute atomic E-state index is 5.17. The Hall–Kier alpha value is -11.8. The van der Waals surface area contributed by atoms with E-state index in [0.717, 1.165) is 61.7 Å². The number of fused-ring (bicyclic) bond motifs is 7. The largest absolute Gasteiger partial charge is 0.248 e. The van der Waals surface area contributed by atoms with E-state index in [4.69, 9.17) is 24.9 Å². The Morgan fingerprint density at radius 1 is 0.208 bits per heavy atom. The minimum absolute atomic E-state index is 0.0682. The van der Waals surface area contributed by atoms with E-state index in [1.807, 2.05) is 72.8 Å². The second kappa shape index (κ2) is 28.0. The smallest absolute Gasteiger partial charge is 0.164 e. The quantitative estimate of drug-likeness (QED) is 0.144. The topological polar surface area (TPSA) is 64.5 Å². The van der Waals surface area contributed by atoms with Crippen LogP contribution in [0.4, 0.5) is 0 Å². The summed E-state index contributed by atoms with van der Waals surface area (Å²) in [6, 6.07) is 112. The molecule has 106 heavy (non-hydrogen) atoms. The zero-order valence-corrected chi connectivity index (χ0v) is 63.3. The van der Waals surface area contributed by atoms with Gasteiger partial charge in [-0.25, -0.2) is 24.9 Å². The summed E-state index contributed by atoms with van der Waals surface area (Å²) in [5.41, 5.74) is 31.4. The molecule has 0 N–H and O–H groups in total. The van der Waals surface area contributed by atoms with Crippen molar-refractivity contribution in [2.24, 2.45) is 0 Å². The van der Waals surface area contributed by atoms with Crippen molar-refractivity contribution >= 4 is 10.8 Å². The second-order valence-corrected chi connectivity index (χ2v) is 32.5. The van der Waals surface area contributed by atoms with Crippen molar-refractivity contribution in [2.75, 3.05) is 0 Å². The highest BCUT2D eigenvalue weighted by Crippen LogP contribution is 2.53. The summed E-state index contributed by atoms with van der Waals surface area (Å²) in [4.78, 5) is 24.9. The van der Waals surface area contributed by atoms with E-state index in [0.29, 0.717) is 17.5 Å². The van der Waals surface area contributed by atoms with Gasteiger partial charge in [0.2, 0.25) is 0 Å². The molecule has 3 aromatic heterocycles. The zero-order valence-electron chi connectivity index (χ0n) is 63.3. The lowest BCUT2D eigenvalue weighted by atomic mass is 9.78. The Morgan fingerprint density at radius 3 is 0.906 bits per heavy atom. The molecular formula is C101H91N5. The van der Waals surface area contributed by atoms with Gasteiger partial charge in [-0.2, -0.15) is 0 Å². The van der Waals surface area contributed by atoms with Gasteiger partial charge >= 0.3 is 0 Å². The van der Waals surface area contributed by atoms with Crippen LogP contribution in [-0.2, 0) is 27.1 Å². The maximum Gasteiger partial charge on any atom is 0.164 e. The van der Waals surface area contributed by atoms with Gasteiger partial charge in [0.05, 0.1) is 22.8 Å². The van der Waals surface area contributed by atoms with E-state index in [1.165, 1.54) is 94.2 Å². The average molecular weight is 1370 g/mol. The van der Waals surface area contributed by atoms with Gasteiger partial charge in [-0.3, -0.25) is 0 Å². The molecule has 2 aliphatic rings. The van der Waals surface area contributed by atoms with Crippen molar-refractivity contribution in [3.8, 4) is 124 Å². The molecule has 3 heterocycles. The normalized spacial score (nSPS) is 13.1. The van der Waals surface area contributed by atoms with E-state index in [2.05, 4.69) is 333 Å². The number of benzene rings is 12. The van der Waals surface area contributed by atoms with E-state index >= 15 is 0 Å². The van der Waals surface area contributed by atoms with Crippen LogP contribution in [0.25, 0.3) is 134 Å². The molecule has 0 amide bonds. The summed E-state index contributed by atoms with van der Waals surface area (Å²) in [6.45, 7) is 29.9. The number of nitrogens with zero attached hydrogens (tertiary/aromatic N) is 5. The minimum Gasteiger partial charge on any atom is -0.248 e. The third-order valence-corrected chi connectivity index (χ3v) is 21.3. The van der Waals surface area contributed by atoms with Crippen LogP contribution in [0.3, 0.4) is 0 Å². The first-order chi connectivity index (χ1) is 50.9. The Morgan fingerprint density at radius 2 is 0.509 bits per heavy atom. The predicted molar refractivity (Wildman–Crippen MR) is 446 cm³/mol. The van der Waals surface area contributed by atoms with Crippen LogP contribution < -0.4 is 0 Å². The van der Waals surface area contributed by atoms with Crippen LogP contribution >= 0.6 is 0 Å². The molecule has 0 unspecified atom stereocenters. The summed E-state index contributed by atoms with van der Waals surface area (Å²) >= 11 is 0. The van der Waals surface area contributed by atoms with Gasteiger partial charge in [0.1, 0.15) is 0 Å². The van der Waals surface area contributed by atoms with Crippen molar-refractivity contribution in [3.05, 3.63) is 354 Å². The van der Waals surface area contributed by atoms with E-state index in [-0.39, 0.29) is 27.1 Å². The molecule has 2 aliphatic carbocycles. The summed E-state index contributed by atoms with van der Waals surface area (Å²) < 4.78 is 0. The minimum atomic E-state index is -0.112. The first-order valence-electron chi connectivity index (χ1n) is 37.2. The van der Waals surface area contributed by atoms with Crippen molar-refractivity contribution in [1.82, 2.24) is 24.9 Å². The molecule has 0 fully saturated rings. The van der Waals surface area contributed by atoms with Crippen molar-refractivity contribution < 1.29 is 0 Å². The lowest BCUT2D eigenvalue weighted by molar-refractivity contribution is 0.584. The van der Waals surface area contributed by atoms with Crippen molar-refractivity contribution in [3.63, 3.8) is 0 Å².